The van der Waals surface area contributed by atoms with Crippen LogP contribution < -0.4 is 5.32 Å². The molecule has 3 heteroatoms. The largest absolute Gasteiger partial charge is 0.322 e. The highest BCUT2D eigenvalue weighted by molar-refractivity contribution is 5.82. The minimum atomic E-state index is 0.178. The summed E-state index contributed by atoms with van der Waals surface area (Å²) in [6.07, 6.45) is 5.86. The number of hydrogen-bond donors (Lipinski definition) is 1. The third-order valence-corrected chi connectivity index (χ3v) is 5.97. The van der Waals surface area contributed by atoms with Gasteiger partial charge in [-0.05, 0) is 30.4 Å². The minimum Gasteiger partial charge on any atom is -0.322 e. The van der Waals surface area contributed by atoms with Gasteiger partial charge in [0.25, 0.3) is 0 Å². The van der Waals surface area contributed by atoms with Crippen LogP contribution in [-0.4, -0.2) is 23.5 Å². The molecule has 2 aliphatic rings. The third kappa shape index (κ3) is 3.68. The zero-order chi connectivity index (χ0) is 17.8. The van der Waals surface area contributed by atoms with E-state index >= 15 is 0 Å². The van der Waals surface area contributed by atoms with E-state index in [4.69, 9.17) is 0 Å². The van der Waals surface area contributed by atoms with Crippen LogP contribution in [-0.2, 0) is 17.8 Å². The number of nitrogens with one attached hydrogen (secondary N) is 1. The van der Waals surface area contributed by atoms with Crippen molar-refractivity contribution in [1.82, 2.24) is 10.2 Å². The molecule has 26 heavy (non-hydrogen) atoms. The maximum atomic E-state index is 13.1. The summed E-state index contributed by atoms with van der Waals surface area (Å²) in [5.74, 6) is 1.05. The highest BCUT2D eigenvalue weighted by atomic mass is 16.2. The number of carbonyl (C=O) groups excluding carboxylic acids is 1. The smallest absolute Gasteiger partial charge is 0.227 e. The number of amides is 1. The summed E-state index contributed by atoms with van der Waals surface area (Å²) in [6.45, 7) is 1.63. The lowest BCUT2D eigenvalue weighted by Gasteiger charge is -2.31. The molecule has 1 amide bonds. The Labute approximate surface area is 156 Å². The predicted molar refractivity (Wildman–Crippen MR) is 104 cm³/mol. The lowest BCUT2D eigenvalue weighted by Crippen LogP contribution is -2.46. The number of likely N-dealkylation sites (tertiary alicyclic amines) is 1. The lowest BCUT2D eigenvalue weighted by molar-refractivity contribution is -0.133. The van der Waals surface area contributed by atoms with Crippen molar-refractivity contribution in [2.45, 2.75) is 44.8 Å². The molecule has 1 heterocycles. The van der Waals surface area contributed by atoms with E-state index in [2.05, 4.69) is 64.8 Å². The number of fused-ring (bicyclic) bond motifs is 1. The molecule has 4 rings (SSSR count). The third-order valence-electron chi connectivity index (χ3n) is 5.97. The summed E-state index contributed by atoms with van der Waals surface area (Å²) in [7, 11) is 0. The summed E-state index contributed by atoms with van der Waals surface area (Å²) in [5, 5.41) is 3.74. The predicted octanol–water partition coefficient (Wildman–Crippen LogP) is 3.99. The molecule has 3 unspecified atom stereocenters. The van der Waals surface area contributed by atoms with Gasteiger partial charge in [0.2, 0.25) is 5.91 Å². The molecule has 0 spiro atoms. The normalized spacial score (nSPS) is 25.3. The van der Waals surface area contributed by atoms with E-state index in [9.17, 15) is 4.79 Å². The van der Waals surface area contributed by atoms with Gasteiger partial charge in [0.1, 0.15) is 0 Å². The molecule has 1 saturated heterocycles. The molecule has 1 saturated carbocycles. The van der Waals surface area contributed by atoms with Gasteiger partial charge >= 0.3 is 0 Å². The molecule has 0 bridgehead atoms. The topological polar surface area (TPSA) is 32.3 Å². The van der Waals surface area contributed by atoms with E-state index in [1.54, 1.807) is 0 Å². The van der Waals surface area contributed by atoms with Gasteiger partial charge in [-0.2, -0.15) is 0 Å². The van der Waals surface area contributed by atoms with Crippen LogP contribution in [0.15, 0.2) is 60.7 Å². The molecule has 2 fully saturated rings. The Balaban J connectivity index is 1.47. The molecule has 3 atom stereocenters. The first kappa shape index (κ1) is 17.3. The van der Waals surface area contributed by atoms with Crippen molar-refractivity contribution in [3.05, 3.63) is 71.8 Å². The second kappa shape index (κ2) is 8.05. The molecule has 136 valence electrons. The Bertz CT molecular complexity index is 716. The molecular weight excluding hydrogens is 320 g/mol. The van der Waals surface area contributed by atoms with Crippen LogP contribution in [0.3, 0.4) is 0 Å². The Kier molecular flexibility index (Phi) is 5.35. The van der Waals surface area contributed by atoms with Crippen molar-refractivity contribution in [2.75, 3.05) is 6.54 Å². The van der Waals surface area contributed by atoms with Gasteiger partial charge in [-0.3, -0.25) is 10.1 Å². The maximum absolute atomic E-state index is 13.1. The summed E-state index contributed by atoms with van der Waals surface area (Å²) in [6, 6.07) is 21.0. The number of hydrogen-bond acceptors (Lipinski definition) is 2. The van der Waals surface area contributed by atoms with E-state index in [1.165, 1.54) is 30.4 Å². The second-order valence-electron chi connectivity index (χ2n) is 7.64. The van der Waals surface area contributed by atoms with Crippen LogP contribution >= 0.6 is 0 Å². The summed E-state index contributed by atoms with van der Waals surface area (Å²) < 4.78 is 0. The molecule has 3 nitrogen and oxygen atoms in total. The Morgan fingerprint density at radius 1 is 0.885 bits per heavy atom. The summed E-state index contributed by atoms with van der Waals surface area (Å²) >= 11 is 0. The van der Waals surface area contributed by atoms with Crippen molar-refractivity contribution in [3.8, 4) is 0 Å². The van der Waals surface area contributed by atoms with Gasteiger partial charge in [-0.15, -0.1) is 0 Å². The van der Waals surface area contributed by atoms with E-state index in [-0.39, 0.29) is 12.1 Å². The fourth-order valence-electron chi connectivity index (χ4n) is 4.65. The van der Waals surface area contributed by atoms with Gasteiger partial charge < -0.3 is 4.90 Å². The van der Waals surface area contributed by atoms with Gasteiger partial charge in [0.05, 0.1) is 6.17 Å². The van der Waals surface area contributed by atoms with E-state index < -0.39 is 0 Å². The molecule has 1 aliphatic heterocycles. The molecule has 0 radical (unpaired) electrons. The fraction of sp³-hybridized carbons (Fsp3) is 0.435. The first-order chi connectivity index (χ1) is 12.8. The highest BCUT2D eigenvalue weighted by Gasteiger charge is 2.48. The van der Waals surface area contributed by atoms with Crippen molar-refractivity contribution in [3.63, 3.8) is 0 Å². The summed E-state index contributed by atoms with van der Waals surface area (Å²) in [5.41, 5.74) is 2.56. The van der Waals surface area contributed by atoms with Crippen LogP contribution in [0.5, 0.6) is 0 Å². The zero-order valence-electron chi connectivity index (χ0n) is 15.3. The number of carbonyl (C=O) groups is 1. The van der Waals surface area contributed by atoms with Crippen LogP contribution in [0.4, 0.5) is 0 Å². The average Bonchev–Trinajstić information content (AvgIpc) is 2.96. The quantitative estimate of drug-likeness (QED) is 0.856. The van der Waals surface area contributed by atoms with Crippen molar-refractivity contribution in [1.29, 1.82) is 0 Å². The first-order valence-electron chi connectivity index (χ1n) is 9.94. The lowest BCUT2D eigenvalue weighted by atomic mass is 9.80. The van der Waals surface area contributed by atoms with Gasteiger partial charge in [0.15, 0.2) is 0 Å². The van der Waals surface area contributed by atoms with Crippen LogP contribution in [0.25, 0.3) is 0 Å². The molecule has 1 aliphatic carbocycles. The van der Waals surface area contributed by atoms with Crippen LogP contribution in [0, 0.1) is 11.8 Å². The minimum absolute atomic E-state index is 0.178. The van der Waals surface area contributed by atoms with Crippen molar-refractivity contribution < 1.29 is 4.79 Å². The fourth-order valence-corrected chi connectivity index (χ4v) is 4.65. The van der Waals surface area contributed by atoms with Gasteiger partial charge in [0, 0.05) is 24.9 Å². The maximum Gasteiger partial charge on any atom is 0.227 e. The Morgan fingerprint density at radius 3 is 2.27 bits per heavy atom. The van der Waals surface area contributed by atoms with E-state index in [1.807, 2.05) is 6.07 Å². The zero-order valence-corrected chi connectivity index (χ0v) is 15.3. The molecule has 2 aromatic carbocycles. The van der Waals surface area contributed by atoms with Gasteiger partial charge in [-0.1, -0.05) is 73.5 Å². The van der Waals surface area contributed by atoms with E-state index in [0.29, 0.717) is 11.8 Å². The average molecular weight is 348 g/mol. The van der Waals surface area contributed by atoms with Gasteiger partial charge in [-0.25, -0.2) is 0 Å². The molecule has 1 N–H and O–H groups in total. The SMILES string of the molecule is O=C1C2CCCCC2C(NCCc2ccccc2)N1Cc1ccccc1. The van der Waals surface area contributed by atoms with Crippen LogP contribution in [0.1, 0.15) is 36.8 Å². The Morgan fingerprint density at radius 2 is 1.54 bits per heavy atom. The molecular formula is C23H28N2O. The summed E-state index contributed by atoms with van der Waals surface area (Å²) in [4.78, 5) is 15.2. The van der Waals surface area contributed by atoms with Crippen molar-refractivity contribution in [2.24, 2.45) is 11.8 Å². The highest BCUT2D eigenvalue weighted by Crippen LogP contribution is 2.41. The van der Waals surface area contributed by atoms with E-state index in [0.717, 1.165) is 25.9 Å². The number of benzene rings is 2. The van der Waals surface area contributed by atoms with Crippen LogP contribution in [0.2, 0.25) is 0 Å². The first-order valence-corrected chi connectivity index (χ1v) is 9.94. The standard InChI is InChI=1S/C23H28N2O/c26-23-21-14-8-7-13-20(21)22(24-16-15-18-9-3-1-4-10-18)25(23)17-19-11-5-2-6-12-19/h1-6,9-12,20-22,24H,7-8,13-17H2. The molecule has 2 aromatic rings. The monoisotopic (exact) mass is 348 g/mol. The molecule has 0 aromatic heterocycles. The second-order valence-corrected chi connectivity index (χ2v) is 7.64. The Hall–Kier alpha value is -2.13. The number of nitrogens with zero attached hydrogens (tertiary/aromatic N) is 1. The van der Waals surface area contributed by atoms with Crippen molar-refractivity contribution >= 4 is 5.91 Å². The number of rotatable bonds is 6.